The minimum absolute atomic E-state index is 0.445. The summed E-state index contributed by atoms with van der Waals surface area (Å²) in [7, 11) is 0. The molecule has 0 aliphatic carbocycles. The van der Waals surface area contributed by atoms with Crippen molar-refractivity contribution in [1.29, 1.82) is 0 Å². The van der Waals surface area contributed by atoms with Crippen LogP contribution in [0.4, 0.5) is 0 Å². The molecule has 4 nitrogen and oxygen atoms in total. The van der Waals surface area contributed by atoms with Gasteiger partial charge in [0.1, 0.15) is 5.75 Å². The fourth-order valence-electron chi connectivity index (χ4n) is 1.76. The van der Waals surface area contributed by atoms with E-state index in [1.807, 2.05) is 49.4 Å². The van der Waals surface area contributed by atoms with E-state index in [1.54, 1.807) is 6.21 Å². The molecule has 0 radical (unpaired) electrons. The van der Waals surface area contributed by atoms with E-state index in [-0.39, 0.29) is 0 Å². The summed E-state index contributed by atoms with van der Waals surface area (Å²) in [5.74, 6) is 1.60. The highest BCUT2D eigenvalue weighted by Gasteiger charge is 1.96. The molecule has 2 N–H and O–H groups in total. The summed E-state index contributed by atoms with van der Waals surface area (Å²) in [4.78, 5) is 0. The van der Waals surface area contributed by atoms with E-state index in [9.17, 15) is 0 Å². The molecule has 5 heteroatoms. The summed E-state index contributed by atoms with van der Waals surface area (Å²) in [6.07, 6.45) is 1.67. The zero-order valence-corrected chi connectivity index (χ0v) is 13.3. The quantitative estimate of drug-likeness (QED) is 0.503. The van der Waals surface area contributed by atoms with Gasteiger partial charge in [0.15, 0.2) is 5.17 Å². The van der Waals surface area contributed by atoms with Crippen molar-refractivity contribution in [2.24, 2.45) is 15.9 Å². The van der Waals surface area contributed by atoms with E-state index in [4.69, 9.17) is 10.5 Å². The lowest BCUT2D eigenvalue weighted by Gasteiger charge is -2.02. The lowest BCUT2D eigenvalue weighted by atomic mass is 10.2. The monoisotopic (exact) mass is 313 g/mol. The Labute approximate surface area is 135 Å². The van der Waals surface area contributed by atoms with Gasteiger partial charge < -0.3 is 10.5 Å². The third-order valence-corrected chi connectivity index (χ3v) is 3.62. The van der Waals surface area contributed by atoms with Crippen LogP contribution in [0.25, 0.3) is 0 Å². The molecule has 0 saturated heterocycles. The first-order valence-electron chi connectivity index (χ1n) is 7.04. The largest absolute Gasteiger partial charge is 0.494 e. The van der Waals surface area contributed by atoms with Crippen LogP contribution < -0.4 is 10.5 Å². The van der Waals surface area contributed by atoms with E-state index in [1.165, 1.54) is 17.3 Å². The summed E-state index contributed by atoms with van der Waals surface area (Å²) in [5.41, 5.74) is 7.97. The van der Waals surface area contributed by atoms with Crippen LogP contribution in [0.5, 0.6) is 5.75 Å². The van der Waals surface area contributed by atoms with Crippen LogP contribution in [0, 0.1) is 0 Å². The zero-order valence-electron chi connectivity index (χ0n) is 12.5. The number of hydrogen-bond donors (Lipinski definition) is 1. The highest BCUT2D eigenvalue weighted by Crippen LogP contribution is 2.13. The van der Waals surface area contributed by atoms with Gasteiger partial charge in [0.2, 0.25) is 0 Å². The smallest absolute Gasteiger partial charge is 0.180 e. The van der Waals surface area contributed by atoms with Gasteiger partial charge in [-0.3, -0.25) is 0 Å². The van der Waals surface area contributed by atoms with Crippen molar-refractivity contribution < 1.29 is 4.74 Å². The Morgan fingerprint density at radius 3 is 2.77 bits per heavy atom. The van der Waals surface area contributed by atoms with Crippen LogP contribution in [-0.2, 0) is 5.75 Å². The maximum Gasteiger partial charge on any atom is 0.180 e. The third kappa shape index (κ3) is 5.61. The average molecular weight is 313 g/mol. The molecule has 0 amide bonds. The summed E-state index contributed by atoms with van der Waals surface area (Å²) in [6.45, 7) is 2.59. The molecule has 114 valence electrons. The predicted molar refractivity (Wildman–Crippen MR) is 94.6 cm³/mol. The highest BCUT2D eigenvalue weighted by molar-refractivity contribution is 8.13. The number of ether oxygens (including phenoxy) is 1. The second-order valence-electron chi connectivity index (χ2n) is 4.46. The maximum atomic E-state index is 5.84. The summed E-state index contributed by atoms with van der Waals surface area (Å²) >= 11 is 1.47. The fourth-order valence-corrected chi connectivity index (χ4v) is 2.38. The number of nitrogens with zero attached hydrogens (tertiary/aromatic N) is 2. The maximum absolute atomic E-state index is 5.84. The minimum Gasteiger partial charge on any atom is -0.494 e. The molecule has 2 rings (SSSR count). The molecular weight excluding hydrogens is 294 g/mol. The Kier molecular flexibility index (Phi) is 6.51. The number of amidine groups is 1. The molecule has 0 aromatic heterocycles. The van der Waals surface area contributed by atoms with E-state index < -0.39 is 0 Å². The Bertz CT molecular complexity index is 641. The van der Waals surface area contributed by atoms with Crippen LogP contribution in [0.2, 0.25) is 0 Å². The molecule has 0 atom stereocenters. The van der Waals surface area contributed by atoms with Crippen LogP contribution in [0.1, 0.15) is 18.1 Å². The number of benzene rings is 2. The van der Waals surface area contributed by atoms with Crippen LogP contribution in [0.15, 0.2) is 64.8 Å². The lowest BCUT2D eigenvalue weighted by Crippen LogP contribution is -2.06. The standard InChI is InChI=1S/C17H19N3OS/c1-2-21-16-10-6-9-15(11-16)12-19-20-17(18)22-13-14-7-4-3-5-8-14/h3-12H,2,13H2,1H3,(H2,18,20). The first-order valence-corrected chi connectivity index (χ1v) is 8.02. The number of thioether (sulfide) groups is 1. The topological polar surface area (TPSA) is 60.0 Å². The lowest BCUT2D eigenvalue weighted by molar-refractivity contribution is 0.340. The van der Waals surface area contributed by atoms with Crippen molar-refractivity contribution in [3.05, 3.63) is 65.7 Å². The summed E-state index contributed by atoms with van der Waals surface area (Å²) in [5, 5.41) is 8.46. The van der Waals surface area contributed by atoms with Crippen molar-refractivity contribution >= 4 is 23.1 Å². The van der Waals surface area contributed by atoms with Gasteiger partial charge in [-0.1, -0.05) is 54.2 Å². The van der Waals surface area contributed by atoms with Gasteiger partial charge in [0.25, 0.3) is 0 Å². The molecule has 0 aliphatic heterocycles. The van der Waals surface area contributed by atoms with Gasteiger partial charge in [0.05, 0.1) is 12.8 Å². The van der Waals surface area contributed by atoms with E-state index in [2.05, 4.69) is 22.3 Å². The van der Waals surface area contributed by atoms with Crippen molar-refractivity contribution in [2.45, 2.75) is 12.7 Å². The fraction of sp³-hybridized carbons (Fsp3) is 0.176. The van der Waals surface area contributed by atoms with E-state index in [0.29, 0.717) is 11.8 Å². The molecule has 0 unspecified atom stereocenters. The van der Waals surface area contributed by atoms with Crippen LogP contribution in [0.3, 0.4) is 0 Å². The molecule has 0 heterocycles. The number of nitrogens with two attached hydrogens (primary N) is 1. The van der Waals surface area contributed by atoms with Crippen molar-refractivity contribution in [1.82, 2.24) is 0 Å². The molecule has 0 bridgehead atoms. The van der Waals surface area contributed by atoms with Gasteiger partial charge in [-0.25, -0.2) is 0 Å². The zero-order chi connectivity index (χ0) is 15.6. The van der Waals surface area contributed by atoms with Crippen molar-refractivity contribution in [3.63, 3.8) is 0 Å². The second-order valence-corrected chi connectivity index (χ2v) is 5.46. The Morgan fingerprint density at radius 1 is 1.18 bits per heavy atom. The molecular formula is C17H19N3OS. The van der Waals surface area contributed by atoms with Gasteiger partial charge >= 0.3 is 0 Å². The number of hydrogen-bond acceptors (Lipinski definition) is 4. The SMILES string of the molecule is CCOc1cccc(C=NN=C(N)SCc2ccccc2)c1. The number of rotatable bonds is 6. The first-order chi connectivity index (χ1) is 10.8. The Balaban J connectivity index is 1.88. The van der Waals surface area contributed by atoms with Gasteiger partial charge in [-0.2, -0.15) is 5.10 Å². The second kappa shape index (κ2) is 8.89. The molecule has 0 aliphatic rings. The Morgan fingerprint density at radius 2 is 2.00 bits per heavy atom. The summed E-state index contributed by atoms with van der Waals surface area (Å²) < 4.78 is 5.44. The van der Waals surface area contributed by atoms with Crippen molar-refractivity contribution in [2.75, 3.05) is 6.61 Å². The van der Waals surface area contributed by atoms with Gasteiger partial charge in [-0.05, 0) is 30.2 Å². The molecule has 0 spiro atoms. The van der Waals surface area contributed by atoms with Gasteiger partial charge in [-0.15, -0.1) is 5.10 Å². The molecule has 0 fully saturated rings. The molecule has 0 saturated carbocycles. The van der Waals surface area contributed by atoms with E-state index >= 15 is 0 Å². The molecule has 2 aromatic carbocycles. The highest BCUT2D eigenvalue weighted by atomic mass is 32.2. The minimum atomic E-state index is 0.445. The molecule has 2 aromatic rings. The predicted octanol–water partition coefficient (Wildman–Crippen LogP) is 3.67. The average Bonchev–Trinajstić information content (AvgIpc) is 2.55. The van der Waals surface area contributed by atoms with E-state index in [0.717, 1.165) is 17.1 Å². The first kappa shape index (κ1) is 16.1. The molecule has 22 heavy (non-hydrogen) atoms. The van der Waals surface area contributed by atoms with Crippen molar-refractivity contribution in [3.8, 4) is 5.75 Å². The van der Waals surface area contributed by atoms with Crippen LogP contribution in [-0.4, -0.2) is 18.0 Å². The van der Waals surface area contributed by atoms with Crippen LogP contribution >= 0.6 is 11.8 Å². The normalized spacial score (nSPS) is 11.8. The third-order valence-electron chi connectivity index (χ3n) is 2.76. The van der Waals surface area contributed by atoms with Gasteiger partial charge in [0, 0.05) is 5.75 Å². The Hall–Kier alpha value is -2.27. The summed E-state index contributed by atoms with van der Waals surface area (Å²) in [6, 6.07) is 17.8.